The summed E-state index contributed by atoms with van der Waals surface area (Å²) in [6.07, 6.45) is 0. The fraction of sp³-hybridized carbons (Fsp3) is 0.0714. The molecule has 0 heterocycles. The minimum Gasteiger partial charge on any atom is -0.507 e. The molecule has 6 nitrogen and oxygen atoms in total. The summed E-state index contributed by atoms with van der Waals surface area (Å²) < 4.78 is 0. The molecular formula is C14H10Cl2N2O4. The summed E-state index contributed by atoms with van der Waals surface area (Å²) in [5, 5.41) is 21.0. The summed E-state index contributed by atoms with van der Waals surface area (Å²) in [4.78, 5) is 23.8. The van der Waals surface area contributed by atoms with Crippen molar-refractivity contribution in [2.24, 2.45) is 0 Å². The first-order valence-corrected chi connectivity index (χ1v) is 6.77. The fourth-order valence-corrected chi connectivity index (χ4v) is 2.26. The molecule has 8 heteroatoms. The number of phenolic OH excluding ortho intramolecular Hbond substituents is 1. The highest BCUT2D eigenvalue weighted by molar-refractivity contribution is 6.34. The number of aromatic hydroxyl groups is 1. The average molecular weight is 341 g/mol. The number of nitrogens with zero attached hydrogens (tertiary/aromatic N) is 2. The monoisotopic (exact) mass is 340 g/mol. The molecule has 0 saturated heterocycles. The van der Waals surface area contributed by atoms with Crippen molar-refractivity contribution in [2.45, 2.75) is 0 Å². The predicted octanol–water partition coefficient (Wildman–Crippen LogP) is 3.88. The highest BCUT2D eigenvalue weighted by Gasteiger charge is 2.21. The zero-order valence-corrected chi connectivity index (χ0v) is 12.8. The van der Waals surface area contributed by atoms with Crippen LogP contribution in [0.2, 0.25) is 10.0 Å². The molecule has 0 aliphatic carbocycles. The van der Waals surface area contributed by atoms with Gasteiger partial charge in [0.2, 0.25) is 0 Å². The van der Waals surface area contributed by atoms with Crippen molar-refractivity contribution in [3.8, 4) is 5.75 Å². The Labute approximate surface area is 135 Å². The zero-order chi connectivity index (χ0) is 16.4. The second kappa shape index (κ2) is 6.21. The minimum atomic E-state index is -0.595. The summed E-state index contributed by atoms with van der Waals surface area (Å²) in [5.41, 5.74) is -0.0767. The Bertz CT molecular complexity index is 765. The number of nitro benzene ring substituents is 1. The predicted molar refractivity (Wildman–Crippen MR) is 84.0 cm³/mol. The van der Waals surface area contributed by atoms with Crippen molar-refractivity contribution in [2.75, 3.05) is 11.9 Å². The minimum absolute atomic E-state index is 0.0300. The Kier molecular flexibility index (Phi) is 4.54. The second-order valence-corrected chi connectivity index (χ2v) is 5.26. The van der Waals surface area contributed by atoms with Gasteiger partial charge in [-0.05, 0) is 24.3 Å². The first kappa shape index (κ1) is 16.1. The number of carbonyl (C=O) groups excluding carboxylic acids is 1. The number of benzene rings is 2. The number of nitro groups is 1. The number of hydrogen-bond donors (Lipinski definition) is 1. The lowest BCUT2D eigenvalue weighted by molar-refractivity contribution is -0.384. The Hall–Kier alpha value is -2.31. The summed E-state index contributed by atoms with van der Waals surface area (Å²) in [6.45, 7) is 0. The van der Waals surface area contributed by atoms with E-state index in [9.17, 15) is 20.0 Å². The Balaban J connectivity index is 2.45. The van der Waals surface area contributed by atoms with Gasteiger partial charge >= 0.3 is 0 Å². The van der Waals surface area contributed by atoms with Crippen molar-refractivity contribution in [1.29, 1.82) is 0 Å². The number of anilines is 1. The molecule has 114 valence electrons. The molecule has 2 aromatic rings. The summed E-state index contributed by atoms with van der Waals surface area (Å²) in [6, 6.07) is 7.78. The number of non-ortho nitro benzene ring substituents is 1. The second-order valence-electron chi connectivity index (χ2n) is 4.42. The molecule has 0 aliphatic heterocycles. The molecule has 0 aromatic heterocycles. The van der Waals surface area contributed by atoms with E-state index in [1.807, 2.05) is 0 Å². The van der Waals surface area contributed by atoms with Crippen molar-refractivity contribution < 1.29 is 14.8 Å². The van der Waals surface area contributed by atoms with Gasteiger partial charge in [0.1, 0.15) is 5.75 Å². The van der Waals surface area contributed by atoms with E-state index in [0.29, 0.717) is 0 Å². The smallest absolute Gasteiger partial charge is 0.271 e. The number of phenols is 1. The summed E-state index contributed by atoms with van der Waals surface area (Å²) in [7, 11) is 1.40. The molecule has 0 saturated carbocycles. The number of carbonyl (C=O) groups is 1. The van der Waals surface area contributed by atoms with Crippen LogP contribution in [0.15, 0.2) is 36.4 Å². The molecule has 22 heavy (non-hydrogen) atoms. The molecule has 2 rings (SSSR count). The highest BCUT2D eigenvalue weighted by Crippen LogP contribution is 2.31. The van der Waals surface area contributed by atoms with Crippen LogP contribution in [0, 0.1) is 10.1 Å². The number of halogens is 2. The van der Waals surface area contributed by atoms with E-state index in [2.05, 4.69) is 0 Å². The zero-order valence-electron chi connectivity index (χ0n) is 11.3. The van der Waals surface area contributed by atoms with Crippen molar-refractivity contribution in [1.82, 2.24) is 0 Å². The van der Waals surface area contributed by atoms with Gasteiger partial charge < -0.3 is 10.0 Å². The van der Waals surface area contributed by atoms with Crippen LogP contribution in [0.5, 0.6) is 5.75 Å². The molecular weight excluding hydrogens is 331 g/mol. The van der Waals surface area contributed by atoms with Gasteiger partial charge in [-0.2, -0.15) is 0 Å². The lowest BCUT2D eigenvalue weighted by Gasteiger charge is -2.19. The fourth-order valence-electron chi connectivity index (χ4n) is 1.84. The molecule has 1 amide bonds. The van der Waals surface area contributed by atoms with E-state index in [-0.39, 0.29) is 32.7 Å². The summed E-state index contributed by atoms with van der Waals surface area (Å²) in [5.74, 6) is -0.842. The van der Waals surface area contributed by atoms with E-state index in [1.165, 1.54) is 43.4 Å². The van der Waals surface area contributed by atoms with Crippen LogP contribution in [-0.4, -0.2) is 23.0 Å². The van der Waals surface area contributed by atoms with Crippen LogP contribution < -0.4 is 4.90 Å². The Morgan fingerprint density at radius 2 is 1.91 bits per heavy atom. The molecule has 0 atom stereocenters. The average Bonchev–Trinajstić information content (AvgIpc) is 2.48. The third-order valence-electron chi connectivity index (χ3n) is 3.00. The van der Waals surface area contributed by atoms with E-state index in [1.54, 1.807) is 0 Å². The van der Waals surface area contributed by atoms with E-state index in [0.717, 1.165) is 4.90 Å². The largest absolute Gasteiger partial charge is 0.507 e. The van der Waals surface area contributed by atoms with Crippen LogP contribution in [-0.2, 0) is 0 Å². The molecule has 0 spiro atoms. The normalized spacial score (nSPS) is 10.3. The van der Waals surface area contributed by atoms with Crippen LogP contribution in [0.4, 0.5) is 11.4 Å². The van der Waals surface area contributed by atoms with Crippen LogP contribution in [0.25, 0.3) is 0 Å². The van der Waals surface area contributed by atoms with Gasteiger partial charge in [0.05, 0.1) is 21.2 Å². The topological polar surface area (TPSA) is 83.7 Å². The van der Waals surface area contributed by atoms with E-state index < -0.39 is 10.8 Å². The van der Waals surface area contributed by atoms with E-state index in [4.69, 9.17) is 23.2 Å². The van der Waals surface area contributed by atoms with Crippen molar-refractivity contribution in [3.63, 3.8) is 0 Å². The van der Waals surface area contributed by atoms with Gasteiger partial charge in [0.15, 0.2) is 0 Å². The maximum absolute atomic E-state index is 12.4. The Morgan fingerprint density at radius 1 is 1.23 bits per heavy atom. The van der Waals surface area contributed by atoms with Crippen LogP contribution in [0.1, 0.15) is 10.4 Å². The maximum Gasteiger partial charge on any atom is 0.271 e. The van der Waals surface area contributed by atoms with Gasteiger partial charge in [-0.3, -0.25) is 14.9 Å². The number of hydrogen-bond acceptors (Lipinski definition) is 4. The maximum atomic E-state index is 12.4. The third kappa shape index (κ3) is 3.13. The SMILES string of the molecule is CN(C(=O)c1cc(Cl)ccc1O)c1cc([N+](=O)[O-])ccc1Cl. The van der Waals surface area contributed by atoms with Gasteiger partial charge in [0.25, 0.3) is 11.6 Å². The van der Waals surface area contributed by atoms with Crippen LogP contribution >= 0.6 is 23.2 Å². The van der Waals surface area contributed by atoms with Crippen molar-refractivity contribution >= 4 is 40.5 Å². The molecule has 0 radical (unpaired) electrons. The molecule has 0 aliphatic rings. The standard InChI is InChI=1S/C14H10Cl2N2O4/c1-17(12-7-9(18(21)22)3-4-11(12)16)14(20)10-6-8(15)2-5-13(10)19/h2-7,19H,1H3. The van der Waals surface area contributed by atoms with Gasteiger partial charge in [-0.15, -0.1) is 0 Å². The molecule has 0 bridgehead atoms. The lowest BCUT2D eigenvalue weighted by atomic mass is 10.1. The van der Waals surface area contributed by atoms with Crippen LogP contribution in [0.3, 0.4) is 0 Å². The Morgan fingerprint density at radius 3 is 2.55 bits per heavy atom. The third-order valence-corrected chi connectivity index (χ3v) is 3.55. The molecule has 2 aromatic carbocycles. The van der Waals surface area contributed by atoms with E-state index >= 15 is 0 Å². The first-order chi connectivity index (χ1) is 10.3. The van der Waals surface area contributed by atoms with Gasteiger partial charge in [-0.1, -0.05) is 23.2 Å². The molecule has 0 unspecified atom stereocenters. The lowest BCUT2D eigenvalue weighted by Crippen LogP contribution is -2.26. The van der Waals surface area contributed by atoms with Gasteiger partial charge in [0, 0.05) is 24.2 Å². The van der Waals surface area contributed by atoms with Gasteiger partial charge in [-0.25, -0.2) is 0 Å². The number of rotatable bonds is 3. The molecule has 1 N–H and O–H groups in total. The highest BCUT2D eigenvalue weighted by atomic mass is 35.5. The molecule has 0 fully saturated rings. The quantitative estimate of drug-likeness (QED) is 0.678. The van der Waals surface area contributed by atoms with Crippen molar-refractivity contribution in [3.05, 3.63) is 62.1 Å². The number of amides is 1. The summed E-state index contributed by atoms with van der Waals surface area (Å²) >= 11 is 11.8. The first-order valence-electron chi connectivity index (χ1n) is 6.01.